The first-order chi connectivity index (χ1) is 11.5. The molecule has 1 aliphatic rings. The molecule has 4 N–H and O–H groups in total. The van der Waals surface area contributed by atoms with Crippen LogP contribution in [0.25, 0.3) is 0 Å². The maximum Gasteiger partial charge on any atom is 0.186 e. The topological polar surface area (TPSA) is 99.4 Å². The van der Waals surface area contributed by atoms with E-state index < -0.39 is 37.3 Å². The van der Waals surface area contributed by atoms with Crippen molar-refractivity contribution in [2.24, 2.45) is 0 Å². The number of ether oxygens (including phenoxy) is 2. The van der Waals surface area contributed by atoms with Gasteiger partial charge in [-0.3, -0.25) is 0 Å². The van der Waals surface area contributed by atoms with Crippen molar-refractivity contribution in [2.45, 2.75) is 108 Å². The van der Waals surface area contributed by atoms with Gasteiger partial charge in [0.1, 0.15) is 24.4 Å². The minimum Gasteiger partial charge on any atom is -0.394 e. The highest BCUT2D eigenvalue weighted by Crippen LogP contribution is 2.24. The van der Waals surface area contributed by atoms with Crippen LogP contribution in [0, 0.1) is 0 Å². The average molecular weight is 348 g/mol. The summed E-state index contributed by atoms with van der Waals surface area (Å²) in [4.78, 5) is 0. The Morgan fingerprint density at radius 2 is 1.50 bits per heavy atom. The summed E-state index contributed by atoms with van der Waals surface area (Å²) in [5, 5.41) is 38.8. The molecule has 0 amide bonds. The van der Waals surface area contributed by atoms with Crippen molar-refractivity contribution in [3.8, 4) is 0 Å². The second-order valence-corrected chi connectivity index (χ2v) is 6.77. The molecule has 1 saturated heterocycles. The van der Waals surface area contributed by atoms with Gasteiger partial charge in [-0.2, -0.15) is 0 Å². The third kappa shape index (κ3) is 6.94. The number of hydrogen-bond donors (Lipinski definition) is 4. The first kappa shape index (κ1) is 21.8. The zero-order chi connectivity index (χ0) is 17.9. The number of unbranched alkanes of at least 4 members (excludes halogenated alkanes) is 6. The summed E-state index contributed by atoms with van der Waals surface area (Å²) in [6, 6.07) is 0. The van der Waals surface area contributed by atoms with E-state index in [4.69, 9.17) is 9.47 Å². The van der Waals surface area contributed by atoms with Gasteiger partial charge in [0.05, 0.1) is 12.7 Å². The van der Waals surface area contributed by atoms with Crippen LogP contribution in [0.1, 0.15) is 71.6 Å². The molecule has 0 aromatic rings. The molecule has 0 aliphatic carbocycles. The summed E-state index contributed by atoms with van der Waals surface area (Å²) in [7, 11) is 0. The van der Waals surface area contributed by atoms with Crippen LogP contribution in [0.15, 0.2) is 0 Å². The summed E-state index contributed by atoms with van der Waals surface area (Å²) in [5.74, 6) is 0. The lowest BCUT2D eigenvalue weighted by Crippen LogP contribution is -2.59. The average Bonchev–Trinajstić information content (AvgIpc) is 2.59. The molecule has 2 unspecified atom stereocenters. The summed E-state index contributed by atoms with van der Waals surface area (Å²) in [6.07, 6.45) is 4.22. The minimum atomic E-state index is -1.38. The molecule has 6 nitrogen and oxygen atoms in total. The van der Waals surface area contributed by atoms with Gasteiger partial charge in [0, 0.05) is 0 Å². The predicted molar refractivity (Wildman–Crippen MR) is 91.5 cm³/mol. The van der Waals surface area contributed by atoms with Crippen molar-refractivity contribution < 1.29 is 29.9 Å². The maximum absolute atomic E-state index is 10.0. The Morgan fingerprint density at radius 1 is 0.875 bits per heavy atom. The molecule has 6 heteroatoms. The Kier molecular flexibility index (Phi) is 11.1. The molecule has 144 valence electrons. The molecule has 1 rings (SSSR count). The standard InChI is InChI=1S/C18H36O6/c1-3-5-6-7-8-9-10-11-13(4-2)23-18-17(22)16(21)15(20)14(12-19)24-18/h13-22H,3-12H2,1-2H3/t13?,14-,15+,16+,17-,18?/m1/s1. The maximum atomic E-state index is 10.0. The van der Waals surface area contributed by atoms with Crippen molar-refractivity contribution >= 4 is 0 Å². The van der Waals surface area contributed by atoms with Gasteiger partial charge in [-0.1, -0.05) is 58.8 Å². The summed E-state index contributed by atoms with van der Waals surface area (Å²) >= 11 is 0. The second-order valence-electron chi connectivity index (χ2n) is 6.77. The highest BCUT2D eigenvalue weighted by Gasteiger charge is 2.44. The van der Waals surface area contributed by atoms with Crippen LogP contribution < -0.4 is 0 Å². The summed E-state index contributed by atoms with van der Waals surface area (Å²) < 4.78 is 11.2. The van der Waals surface area contributed by atoms with E-state index in [0.717, 1.165) is 25.7 Å². The smallest absolute Gasteiger partial charge is 0.186 e. The normalized spacial score (nSPS) is 32.0. The van der Waals surface area contributed by atoms with Crippen molar-refractivity contribution in [2.75, 3.05) is 6.61 Å². The van der Waals surface area contributed by atoms with E-state index in [1.807, 2.05) is 6.92 Å². The monoisotopic (exact) mass is 348 g/mol. The quantitative estimate of drug-likeness (QED) is 0.401. The first-order valence-electron chi connectivity index (χ1n) is 9.51. The zero-order valence-corrected chi connectivity index (χ0v) is 15.1. The van der Waals surface area contributed by atoms with Crippen LogP contribution in [0.2, 0.25) is 0 Å². The van der Waals surface area contributed by atoms with Gasteiger partial charge in [-0.05, 0) is 12.8 Å². The van der Waals surface area contributed by atoms with Gasteiger partial charge >= 0.3 is 0 Å². The Labute approximate surface area is 145 Å². The fourth-order valence-electron chi connectivity index (χ4n) is 3.07. The highest BCUT2D eigenvalue weighted by molar-refractivity contribution is 4.89. The van der Waals surface area contributed by atoms with Crippen molar-refractivity contribution in [1.29, 1.82) is 0 Å². The molecule has 0 radical (unpaired) electrons. The highest BCUT2D eigenvalue weighted by atomic mass is 16.7. The third-order valence-corrected chi connectivity index (χ3v) is 4.76. The van der Waals surface area contributed by atoms with Gasteiger partial charge in [0.2, 0.25) is 0 Å². The fraction of sp³-hybridized carbons (Fsp3) is 1.00. The van der Waals surface area contributed by atoms with Crippen LogP contribution >= 0.6 is 0 Å². The second kappa shape index (κ2) is 12.2. The molecule has 0 spiro atoms. The molecule has 6 atom stereocenters. The number of hydrogen-bond acceptors (Lipinski definition) is 6. The third-order valence-electron chi connectivity index (χ3n) is 4.76. The molecule has 0 saturated carbocycles. The van der Waals surface area contributed by atoms with E-state index >= 15 is 0 Å². The Bertz CT molecular complexity index is 312. The molecule has 0 aromatic heterocycles. The van der Waals surface area contributed by atoms with E-state index in [1.54, 1.807) is 0 Å². The number of aliphatic hydroxyl groups is 4. The molecule has 0 bridgehead atoms. The van der Waals surface area contributed by atoms with Gasteiger partial charge in [0.15, 0.2) is 6.29 Å². The SMILES string of the molecule is CCCCCCCCCC(CC)OC1O[C@H](CO)[C@H](O)[C@H](O)[C@H]1O. The zero-order valence-electron chi connectivity index (χ0n) is 15.1. The Morgan fingerprint density at radius 3 is 2.08 bits per heavy atom. The number of rotatable bonds is 12. The van der Waals surface area contributed by atoms with E-state index in [1.165, 1.54) is 32.1 Å². The summed E-state index contributed by atoms with van der Waals surface area (Å²) in [5.41, 5.74) is 0. The van der Waals surface area contributed by atoms with Crippen LogP contribution in [0.3, 0.4) is 0 Å². The largest absolute Gasteiger partial charge is 0.394 e. The molecular formula is C18H36O6. The van der Waals surface area contributed by atoms with E-state index in [2.05, 4.69) is 6.92 Å². The molecule has 1 fully saturated rings. The molecule has 24 heavy (non-hydrogen) atoms. The van der Waals surface area contributed by atoms with E-state index in [9.17, 15) is 20.4 Å². The molecule has 1 heterocycles. The lowest BCUT2D eigenvalue weighted by molar-refractivity contribution is -0.311. The van der Waals surface area contributed by atoms with Crippen LogP contribution in [-0.4, -0.2) is 63.8 Å². The molecular weight excluding hydrogens is 312 g/mol. The fourth-order valence-corrected chi connectivity index (χ4v) is 3.07. The van der Waals surface area contributed by atoms with Crippen molar-refractivity contribution in [1.82, 2.24) is 0 Å². The van der Waals surface area contributed by atoms with E-state index in [-0.39, 0.29) is 6.10 Å². The lowest BCUT2D eigenvalue weighted by Gasteiger charge is -2.40. The van der Waals surface area contributed by atoms with Crippen molar-refractivity contribution in [3.63, 3.8) is 0 Å². The summed E-state index contributed by atoms with van der Waals surface area (Å²) in [6.45, 7) is 3.79. The molecule has 0 aromatic carbocycles. The molecule has 1 aliphatic heterocycles. The van der Waals surface area contributed by atoms with Crippen LogP contribution in [0.4, 0.5) is 0 Å². The lowest BCUT2D eigenvalue weighted by atomic mass is 9.99. The number of aliphatic hydroxyl groups excluding tert-OH is 4. The van der Waals surface area contributed by atoms with Crippen LogP contribution in [0.5, 0.6) is 0 Å². The van der Waals surface area contributed by atoms with Gasteiger partial charge in [-0.25, -0.2) is 0 Å². The van der Waals surface area contributed by atoms with Crippen molar-refractivity contribution in [3.05, 3.63) is 0 Å². The Hall–Kier alpha value is -0.240. The Balaban J connectivity index is 2.33. The van der Waals surface area contributed by atoms with Gasteiger partial charge in [0.25, 0.3) is 0 Å². The first-order valence-corrected chi connectivity index (χ1v) is 9.51. The van der Waals surface area contributed by atoms with Gasteiger partial charge < -0.3 is 29.9 Å². The van der Waals surface area contributed by atoms with Gasteiger partial charge in [-0.15, -0.1) is 0 Å². The van der Waals surface area contributed by atoms with E-state index in [0.29, 0.717) is 0 Å². The minimum absolute atomic E-state index is 0.0675. The predicted octanol–water partition coefficient (Wildman–Crippen LogP) is 1.72. The van der Waals surface area contributed by atoms with Crippen LogP contribution in [-0.2, 0) is 9.47 Å².